The van der Waals surface area contributed by atoms with Crippen LogP contribution in [0.4, 0.5) is 11.6 Å². The molecule has 0 aliphatic rings. The monoisotopic (exact) mass is 328 g/mol. The van der Waals surface area contributed by atoms with E-state index in [1.54, 1.807) is 11.0 Å². The van der Waals surface area contributed by atoms with E-state index in [0.29, 0.717) is 31.3 Å². The van der Waals surface area contributed by atoms with Crippen molar-refractivity contribution in [1.82, 2.24) is 14.9 Å². The summed E-state index contributed by atoms with van der Waals surface area (Å²) in [6.45, 7) is 9.64. The second kappa shape index (κ2) is 8.29. The molecule has 0 radical (unpaired) electrons. The van der Waals surface area contributed by atoms with Crippen LogP contribution < -0.4 is 10.1 Å². The third kappa shape index (κ3) is 4.44. The Morgan fingerprint density at radius 2 is 1.79 bits per heavy atom. The molecule has 0 unspecified atom stereocenters. The molecule has 1 N–H and O–H groups in total. The highest BCUT2D eigenvalue weighted by Crippen LogP contribution is 2.19. The Labute approximate surface area is 142 Å². The molecule has 0 saturated heterocycles. The van der Waals surface area contributed by atoms with Gasteiger partial charge in [-0.1, -0.05) is 0 Å². The molecule has 0 aliphatic heterocycles. The second-order valence-electron chi connectivity index (χ2n) is 5.28. The summed E-state index contributed by atoms with van der Waals surface area (Å²) in [6, 6.07) is 9.25. The van der Waals surface area contributed by atoms with E-state index >= 15 is 0 Å². The highest BCUT2D eigenvalue weighted by Gasteiger charge is 2.16. The quantitative estimate of drug-likeness (QED) is 0.843. The molecule has 2 aromatic rings. The lowest BCUT2D eigenvalue weighted by molar-refractivity contribution is 0.0767. The average Bonchev–Trinajstić information content (AvgIpc) is 2.57. The molecule has 0 aliphatic carbocycles. The zero-order valence-electron chi connectivity index (χ0n) is 14.7. The zero-order valence-corrected chi connectivity index (χ0v) is 14.7. The van der Waals surface area contributed by atoms with Gasteiger partial charge in [0.15, 0.2) is 0 Å². The molecule has 24 heavy (non-hydrogen) atoms. The predicted molar refractivity (Wildman–Crippen MR) is 94.9 cm³/mol. The first kappa shape index (κ1) is 17.7. The lowest BCUT2D eigenvalue weighted by Gasteiger charge is -2.18. The fraction of sp³-hybridized carbons (Fsp3) is 0.389. The van der Waals surface area contributed by atoms with E-state index in [9.17, 15) is 4.79 Å². The van der Waals surface area contributed by atoms with E-state index in [1.165, 1.54) is 0 Å². The van der Waals surface area contributed by atoms with Gasteiger partial charge in [-0.25, -0.2) is 9.97 Å². The summed E-state index contributed by atoms with van der Waals surface area (Å²) in [5.41, 5.74) is 1.99. The van der Waals surface area contributed by atoms with Crippen molar-refractivity contribution >= 4 is 17.5 Å². The summed E-state index contributed by atoms with van der Waals surface area (Å²) in [6.07, 6.45) is 0. The van der Waals surface area contributed by atoms with Crippen molar-refractivity contribution in [2.24, 2.45) is 0 Å². The molecule has 1 heterocycles. The van der Waals surface area contributed by atoms with Gasteiger partial charge in [-0.05, 0) is 58.0 Å². The first-order chi connectivity index (χ1) is 11.6. The SMILES string of the molecule is CCOc1ccc(Nc2nc(C)cc(C(=O)N(CC)CC)n2)cc1. The fourth-order valence-electron chi connectivity index (χ4n) is 2.34. The summed E-state index contributed by atoms with van der Waals surface area (Å²) in [5, 5.41) is 3.14. The van der Waals surface area contributed by atoms with Crippen molar-refractivity contribution in [2.75, 3.05) is 25.0 Å². The predicted octanol–water partition coefficient (Wildman–Crippen LogP) is 3.41. The molecule has 6 nitrogen and oxygen atoms in total. The average molecular weight is 328 g/mol. The fourth-order valence-corrected chi connectivity index (χ4v) is 2.34. The van der Waals surface area contributed by atoms with Crippen molar-refractivity contribution < 1.29 is 9.53 Å². The van der Waals surface area contributed by atoms with Crippen LogP contribution in [0.5, 0.6) is 5.75 Å². The Morgan fingerprint density at radius 3 is 2.38 bits per heavy atom. The largest absolute Gasteiger partial charge is 0.494 e. The number of aromatic nitrogens is 2. The normalized spacial score (nSPS) is 10.3. The van der Waals surface area contributed by atoms with Crippen LogP contribution in [0.15, 0.2) is 30.3 Å². The Kier molecular flexibility index (Phi) is 6.12. The number of aryl methyl sites for hydroxylation is 1. The van der Waals surface area contributed by atoms with E-state index in [2.05, 4.69) is 15.3 Å². The third-order valence-corrected chi connectivity index (χ3v) is 3.55. The highest BCUT2D eigenvalue weighted by atomic mass is 16.5. The topological polar surface area (TPSA) is 67.3 Å². The first-order valence-corrected chi connectivity index (χ1v) is 8.22. The van der Waals surface area contributed by atoms with Gasteiger partial charge in [0.1, 0.15) is 11.4 Å². The number of carbonyl (C=O) groups excluding carboxylic acids is 1. The van der Waals surface area contributed by atoms with Crippen LogP contribution in [0.25, 0.3) is 0 Å². The lowest BCUT2D eigenvalue weighted by Crippen LogP contribution is -2.31. The maximum atomic E-state index is 12.5. The number of hydrogen-bond donors (Lipinski definition) is 1. The van der Waals surface area contributed by atoms with Gasteiger partial charge in [0.2, 0.25) is 5.95 Å². The van der Waals surface area contributed by atoms with E-state index in [1.807, 2.05) is 52.0 Å². The van der Waals surface area contributed by atoms with Gasteiger partial charge < -0.3 is 15.0 Å². The number of amides is 1. The molecule has 1 aromatic heterocycles. The summed E-state index contributed by atoms with van der Waals surface area (Å²) < 4.78 is 5.42. The first-order valence-electron chi connectivity index (χ1n) is 8.22. The van der Waals surface area contributed by atoms with E-state index in [-0.39, 0.29) is 5.91 Å². The Morgan fingerprint density at radius 1 is 1.12 bits per heavy atom. The van der Waals surface area contributed by atoms with Gasteiger partial charge in [0, 0.05) is 24.5 Å². The van der Waals surface area contributed by atoms with E-state index in [4.69, 9.17) is 4.74 Å². The number of rotatable bonds is 7. The minimum atomic E-state index is -0.0831. The Bertz CT molecular complexity index is 682. The second-order valence-corrected chi connectivity index (χ2v) is 5.28. The van der Waals surface area contributed by atoms with E-state index < -0.39 is 0 Å². The van der Waals surface area contributed by atoms with Gasteiger partial charge in [0.25, 0.3) is 5.91 Å². The molecule has 0 fully saturated rings. The molecule has 0 atom stereocenters. The molecule has 128 valence electrons. The van der Waals surface area contributed by atoms with Crippen LogP contribution >= 0.6 is 0 Å². The zero-order chi connectivity index (χ0) is 17.5. The molecule has 0 saturated carbocycles. The van der Waals surface area contributed by atoms with Crippen LogP contribution in [-0.4, -0.2) is 40.5 Å². The van der Waals surface area contributed by atoms with Crippen molar-refractivity contribution in [3.8, 4) is 5.75 Å². The number of anilines is 2. The minimum absolute atomic E-state index is 0.0831. The number of benzene rings is 1. The molecule has 0 bridgehead atoms. The number of nitrogens with zero attached hydrogens (tertiary/aromatic N) is 3. The molecule has 1 amide bonds. The van der Waals surface area contributed by atoms with E-state index in [0.717, 1.165) is 17.1 Å². The van der Waals surface area contributed by atoms with Crippen molar-refractivity contribution in [1.29, 1.82) is 0 Å². The molecule has 6 heteroatoms. The number of carbonyl (C=O) groups is 1. The summed E-state index contributed by atoms with van der Waals surface area (Å²) in [7, 11) is 0. The summed E-state index contributed by atoms with van der Waals surface area (Å²) >= 11 is 0. The smallest absolute Gasteiger partial charge is 0.272 e. The van der Waals surface area contributed by atoms with Crippen molar-refractivity contribution in [3.05, 3.63) is 41.7 Å². The minimum Gasteiger partial charge on any atom is -0.494 e. The van der Waals surface area contributed by atoms with Crippen LogP contribution in [-0.2, 0) is 0 Å². The van der Waals surface area contributed by atoms with Crippen molar-refractivity contribution in [3.63, 3.8) is 0 Å². The summed E-state index contributed by atoms with van der Waals surface area (Å²) in [4.78, 5) is 22.9. The maximum absolute atomic E-state index is 12.5. The molecular weight excluding hydrogens is 304 g/mol. The van der Waals surface area contributed by atoms with Crippen LogP contribution in [0.2, 0.25) is 0 Å². The van der Waals surface area contributed by atoms with Gasteiger partial charge in [-0.3, -0.25) is 4.79 Å². The molecule has 0 spiro atoms. The Hall–Kier alpha value is -2.63. The summed E-state index contributed by atoms with van der Waals surface area (Å²) in [5.74, 6) is 1.14. The van der Waals surface area contributed by atoms with Gasteiger partial charge >= 0.3 is 0 Å². The molecule has 2 rings (SSSR count). The molecule has 1 aromatic carbocycles. The van der Waals surface area contributed by atoms with Gasteiger partial charge in [-0.15, -0.1) is 0 Å². The number of hydrogen-bond acceptors (Lipinski definition) is 5. The Balaban J connectivity index is 2.20. The highest BCUT2D eigenvalue weighted by molar-refractivity contribution is 5.92. The van der Waals surface area contributed by atoms with Crippen LogP contribution in [0.3, 0.4) is 0 Å². The lowest BCUT2D eigenvalue weighted by atomic mass is 10.3. The van der Waals surface area contributed by atoms with Gasteiger partial charge in [0.05, 0.1) is 6.61 Å². The molecular formula is C18H24N4O2. The van der Waals surface area contributed by atoms with Crippen LogP contribution in [0.1, 0.15) is 37.0 Å². The standard InChI is InChI=1S/C18H24N4O2/c1-5-22(6-2)17(23)16-12-13(4)19-18(21-16)20-14-8-10-15(11-9-14)24-7-3/h8-12H,5-7H2,1-4H3,(H,19,20,21). The number of ether oxygens (including phenoxy) is 1. The van der Waals surface area contributed by atoms with Crippen molar-refractivity contribution in [2.45, 2.75) is 27.7 Å². The maximum Gasteiger partial charge on any atom is 0.272 e. The van der Waals surface area contributed by atoms with Gasteiger partial charge in [-0.2, -0.15) is 0 Å². The number of nitrogens with one attached hydrogen (secondary N) is 1. The van der Waals surface area contributed by atoms with Crippen LogP contribution in [0, 0.1) is 6.92 Å². The third-order valence-electron chi connectivity index (χ3n) is 3.55.